The number of carbonyl (C=O) groups excluding carboxylic acids is 1. The quantitative estimate of drug-likeness (QED) is 0.439. The van der Waals surface area contributed by atoms with Crippen LogP contribution in [0.15, 0.2) is 53.4 Å². The van der Waals surface area contributed by atoms with Gasteiger partial charge in [-0.25, -0.2) is 23.1 Å². The second-order valence-electron chi connectivity index (χ2n) is 8.10. The topological polar surface area (TPSA) is 119 Å². The van der Waals surface area contributed by atoms with Crippen molar-refractivity contribution < 1.29 is 27.5 Å². The average molecular weight is 470 g/mol. The molecular formula is C22H17F3N6O3. The Balaban J connectivity index is 1.45. The van der Waals surface area contributed by atoms with Gasteiger partial charge in [-0.05, 0) is 13.0 Å². The van der Waals surface area contributed by atoms with Crippen molar-refractivity contribution in [3.8, 4) is 29.0 Å². The standard InChI is InChI=1S/C22H17F3N6O3/c1-21(11-22(21,24)25)20(33)28-15-9-27-17(29-18(15)32)14-8-16(19-26-6-7-34-19)31(30-14)10-12-4-2-3-5-13(12)23/h2-9H,10-11H2,1H3,(H,28,33)(H,27,29,32). The first-order chi connectivity index (χ1) is 16.2. The lowest BCUT2D eigenvalue weighted by molar-refractivity contribution is -0.123. The summed E-state index contributed by atoms with van der Waals surface area (Å²) in [6, 6.07) is 7.76. The molecule has 1 unspecified atom stereocenters. The van der Waals surface area contributed by atoms with Crippen molar-refractivity contribution in [2.45, 2.75) is 25.8 Å². The number of aromatic nitrogens is 5. The molecule has 0 radical (unpaired) electrons. The Bertz CT molecular complexity index is 1390. The molecule has 1 aromatic carbocycles. The van der Waals surface area contributed by atoms with Gasteiger partial charge in [0.25, 0.3) is 5.92 Å². The van der Waals surface area contributed by atoms with Crippen LogP contribution in [0.1, 0.15) is 18.9 Å². The highest BCUT2D eigenvalue weighted by atomic mass is 19.3. The summed E-state index contributed by atoms with van der Waals surface area (Å²) in [5.74, 6) is -4.87. The molecule has 9 nitrogen and oxygen atoms in total. The molecule has 5 rings (SSSR count). The second-order valence-corrected chi connectivity index (χ2v) is 8.10. The van der Waals surface area contributed by atoms with Crippen molar-refractivity contribution in [1.82, 2.24) is 24.7 Å². The summed E-state index contributed by atoms with van der Waals surface area (Å²) in [6.07, 6.45) is 3.34. The van der Waals surface area contributed by atoms with Crippen LogP contribution in [0.2, 0.25) is 0 Å². The monoisotopic (exact) mass is 470 g/mol. The van der Waals surface area contributed by atoms with Crippen molar-refractivity contribution in [1.29, 1.82) is 0 Å². The van der Waals surface area contributed by atoms with E-state index in [0.29, 0.717) is 11.3 Å². The van der Waals surface area contributed by atoms with Gasteiger partial charge in [0, 0.05) is 18.1 Å². The molecule has 1 amide bonds. The summed E-state index contributed by atoms with van der Waals surface area (Å²) in [5, 5.41) is 16.9. The fourth-order valence-corrected chi connectivity index (χ4v) is 3.45. The van der Waals surface area contributed by atoms with Gasteiger partial charge in [-0.1, -0.05) is 18.2 Å². The van der Waals surface area contributed by atoms with E-state index in [0.717, 1.165) is 13.1 Å². The number of anilines is 1. The van der Waals surface area contributed by atoms with E-state index in [4.69, 9.17) is 4.42 Å². The third-order valence-electron chi connectivity index (χ3n) is 5.71. The summed E-state index contributed by atoms with van der Waals surface area (Å²) >= 11 is 0. The highest BCUT2D eigenvalue weighted by molar-refractivity contribution is 5.99. The number of oxazole rings is 1. The molecule has 0 aliphatic heterocycles. The zero-order chi connectivity index (χ0) is 24.1. The highest BCUT2D eigenvalue weighted by Gasteiger charge is 2.72. The van der Waals surface area contributed by atoms with Crippen LogP contribution in [0, 0.1) is 11.2 Å². The van der Waals surface area contributed by atoms with E-state index in [2.05, 4.69) is 25.4 Å². The van der Waals surface area contributed by atoms with E-state index in [1.807, 2.05) is 0 Å². The molecule has 3 aromatic heterocycles. The minimum atomic E-state index is -3.10. The van der Waals surface area contributed by atoms with Crippen LogP contribution in [-0.4, -0.2) is 41.7 Å². The van der Waals surface area contributed by atoms with Crippen LogP contribution in [0.25, 0.3) is 23.1 Å². The van der Waals surface area contributed by atoms with Gasteiger partial charge in [0.15, 0.2) is 5.82 Å². The Morgan fingerprint density at radius 2 is 2.06 bits per heavy atom. The summed E-state index contributed by atoms with van der Waals surface area (Å²) in [5.41, 5.74) is -1.06. The maximum Gasteiger partial charge on any atom is 0.263 e. The van der Waals surface area contributed by atoms with Crippen LogP contribution in [0.4, 0.5) is 18.9 Å². The Morgan fingerprint density at radius 1 is 1.29 bits per heavy atom. The number of amides is 1. The lowest BCUT2D eigenvalue weighted by Crippen LogP contribution is -2.26. The fraction of sp³-hybridized carbons (Fsp3) is 0.227. The van der Waals surface area contributed by atoms with Gasteiger partial charge < -0.3 is 14.8 Å². The normalized spacial score (nSPS) is 18.6. The molecule has 0 bridgehead atoms. The lowest BCUT2D eigenvalue weighted by atomic mass is 10.1. The molecule has 1 atom stereocenters. The predicted octanol–water partition coefficient (Wildman–Crippen LogP) is 3.87. The number of nitrogens with zero attached hydrogens (tertiary/aromatic N) is 5. The predicted molar refractivity (Wildman–Crippen MR) is 112 cm³/mol. The van der Waals surface area contributed by atoms with Gasteiger partial charge in [0.1, 0.15) is 34.6 Å². The minimum Gasteiger partial charge on any atom is -0.492 e. The number of rotatable bonds is 6. The van der Waals surface area contributed by atoms with E-state index in [9.17, 15) is 23.1 Å². The zero-order valence-corrected chi connectivity index (χ0v) is 17.7. The van der Waals surface area contributed by atoms with Gasteiger partial charge in [-0.15, -0.1) is 0 Å². The van der Waals surface area contributed by atoms with Crippen molar-refractivity contribution >= 4 is 11.6 Å². The van der Waals surface area contributed by atoms with Gasteiger partial charge in [0.05, 0.1) is 18.9 Å². The van der Waals surface area contributed by atoms with Crippen molar-refractivity contribution in [3.63, 3.8) is 0 Å². The van der Waals surface area contributed by atoms with Gasteiger partial charge >= 0.3 is 0 Å². The van der Waals surface area contributed by atoms with Gasteiger partial charge in [-0.3, -0.25) is 9.48 Å². The molecular weight excluding hydrogens is 453 g/mol. The van der Waals surface area contributed by atoms with E-state index in [1.165, 1.54) is 23.2 Å². The molecule has 174 valence electrons. The Labute approximate surface area is 190 Å². The molecule has 1 fully saturated rings. The van der Waals surface area contributed by atoms with Crippen LogP contribution in [0.5, 0.6) is 5.88 Å². The first-order valence-corrected chi connectivity index (χ1v) is 10.1. The summed E-state index contributed by atoms with van der Waals surface area (Å²) in [6.45, 7) is 1.19. The average Bonchev–Trinajstić information content (AvgIpc) is 3.23. The molecule has 0 saturated heterocycles. The molecule has 1 saturated carbocycles. The van der Waals surface area contributed by atoms with Crippen LogP contribution < -0.4 is 5.32 Å². The molecule has 12 heteroatoms. The number of hydrogen-bond donors (Lipinski definition) is 2. The zero-order valence-electron chi connectivity index (χ0n) is 17.7. The number of carbonyl (C=O) groups is 1. The van der Waals surface area contributed by atoms with E-state index < -0.39 is 35.4 Å². The Morgan fingerprint density at radius 3 is 2.71 bits per heavy atom. The maximum absolute atomic E-state index is 14.2. The number of benzene rings is 1. The van der Waals surface area contributed by atoms with Gasteiger partial charge in [0.2, 0.25) is 17.7 Å². The molecule has 3 heterocycles. The highest BCUT2D eigenvalue weighted by Crippen LogP contribution is 2.60. The first kappa shape index (κ1) is 21.6. The third-order valence-corrected chi connectivity index (χ3v) is 5.71. The maximum atomic E-state index is 14.2. The van der Waals surface area contributed by atoms with Crippen LogP contribution in [-0.2, 0) is 11.3 Å². The van der Waals surface area contributed by atoms with Crippen molar-refractivity contribution in [2.24, 2.45) is 5.41 Å². The van der Waals surface area contributed by atoms with Crippen LogP contribution in [0.3, 0.4) is 0 Å². The number of aromatic hydroxyl groups is 1. The number of halogens is 3. The minimum absolute atomic E-state index is 0.0152. The third kappa shape index (κ3) is 3.66. The first-order valence-electron chi connectivity index (χ1n) is 10.1. The molecule has 0 spiro atoms. The van der Waals surface area contributed by atoms with Crippen molar-refractivity contribution in [2.75, 3.05) is 5.32 Å². The smallest absolute Gasteiger partial charge is 0.263 e. The summed E-state index contributed by atoms with van der Waals surface area (Å²) in [4.78, 5) is 24.3. The van der Waals surface area contributed by atoms with E-state index in [-0.39, 0.29) is 29.6 Å². The molecule has 1 aliphatic rings. The lowest BCUT2D eigenvalue weighted by Gasteiger charge is -2.11. The number of alkyl halides is 2. The summed E-state index contributed by atoms with van der Waals surface area (Å²) < 4.78 is 47.9. The molecule has 2 N–H and O–H groups in total. The number of nitrogens with one attached hydrogen (secondary N) is 1. The van der Waals surface area contributed by atoms with E-state index >= 15 is 0 Å². The fourth-order valence-electron chi connectivity index (χ4n) is 3.45. The van der Waals surface area contributed by atoms with Crippen LogP contribution >= 0.6 is 0 Å². The van der Waals surface area contributed by atoms with E-state index in [1.54, 1.807) is 24.3 Å². The SMILES string of the molecule is CC1(C(=O)Nc2cnc(-c3cc(-c4ncco4)n(Cc4ccccc4F)n3)nc2O)CC1(F)F. The van der Waals surface area contributed by atoms with Gasteiger partial charge in [-0.2, -0.15) is 10.1 Å². The van der Waals surface area contributed by atoms with Crippen molar-refractivity contribution in [3.05, 3.63) is 60.4 Å². The molecule has 34 heavy (non-hydrogen) atoms. The Hall–Kier alpha value is -4.22. The second kappa shape index (κ2) is 7.68. The Kier molecular flexibility index (Phi) is 4.88. The summed E-state index contributed by atoms with van der Waals surface area (Å²) in [7, 11) is 0. The largest absolute Gasteiger partial charge is 0.492 e. The molecule has 4 aromatic rings. The molecule has 1 aliphatic carbocycles. The number of hydrogen-bond acceptors (Lipinski definition) is 7.